The molecule has 0 spiro atoms. The van der Waals surface area contributed by atoms with Crippen LogP contribution in [0.1, 0.15) is 113 Å². The molecule has 6 rings (SSSR count). The van der Waals surface area contributed by atoms with E-state index >= 15 is 4.79 Å². The van der Waals surface area contributed by atoms with Crippen LogP contribution >= 0.6 is 0 Å². The largest absolute Gasteiger partial charge is 0.444 e. The van der Waals surface area contributed by atoms with Crippen molar-refractivity contribution in [2.24, 2.45) is 5.92 Å². The molecule has 62 heavy (non-hydrogen) atoms. The monoisotopic (exact) mass is 854 g/mol. The average Bonchev–Trinajstić information content (AvgIpc) is 3.92. The third kappa shape index (κ3) is 11.0. The van der Waals surface area contributed by atoms with Gasteiger partial charge in [0.25, 0.3) is 0 Å². The Labute approximate surface area is 366 Å². The highest BCUT2D eigenvalue weighted by atomic mass is 16.6. The Balaban J connectivity index is 1.29. The van der Waals surface area contributed by atoms with Crippen LogP contribution in [-0.2, 0) is 49.1 Å². The molecule has 0 bridgehead atoms. The van der Waals surface area contributed by atoms with E-state index in [4.69, 9.17) is 9.47 Å². The number of rotatable bonds is 13. The molecule has 3 aromatic carbocycles. The number of carbonyl (C=O) groups excluding carboxylic acids is 4. The van der Waals surface area contributed by atoms with Crippen molar-refractivity contribution >= 4 is 23.8 Å². The summed E-state index contributed by atoms with van der Waals surface area (Å²) in [6.07, 6.45) is 2.18. The van der Waals surface area contributed by atoms with E-state index in [1.165, 1.54) is 0 Å². The molecule has 1 unspecified atom stereocenters. The van der Waals surface area contributed by atoms with Crippen molar-refractivity contribution in [1.82, 2.24) is 20.0 Å². The van der Waals surface area contributed by atoms with Crippen LogP contribution in [0, 0.1) is 5.92 Å². The first-order chi connectivity index (χ1) is 29.4. The number of amides is 4. The second kappa shape index (κ2) is 19.7. The summed E-state index contributed by atoms with van der Waals surface area (Å²) in [6, 6.07) is 20.9. The van der Waals surface area contributed by atoms with Crippen LogP contribution in [0.5, 0.6) is 0 Å². The molecule has 3 heterocycles. The Morgan fingerprint density at radius 2 is 1.18 bits per heavy atom. The van der Waals surface area contributed by atoms with Gasteiger partial charge in [0, 0.05) is 45.6 Å². The molecule has 4 atom stereocenters. The van der Waals surface area contributed by atoms with E-state index in [2.05, 4.69) is 5.32 Å². The van der Waals surface area contributed by atoms with Crippen LogP contribution in [-0.4, -0.2) is 116 Å². The molecule has 4 N–H and O–H groups in total. The summed E-state index contributed by atoms with van der Waals surface area (Å²) in [5.41, 5.74) is 2.21. The van der Waals surface area contributed by atoms with Gasteiger partial charge in [-0.1, -0.05) is 72.8 Å². The van der Waals surface area contributed by atoms with Crippen molar-refractivity contribution in [3.05, 3.63) is 106 Å². The number of carbonyl (C=O) groups is 4. The second-order valence-electron chi connectivity index (χ2n) is 19.2. The van der Waals surface area contributed by atoms with Gasteiger partial charge in [-0.2, -0.15) is 0 Å². The van der Waals surface area contributed by atoms with E-state index in [0.29, 0.717) is 55.7 Å². The fourth-order valence-electron chi connectivity index (χ4n) is 9.29. The number of hydrogen-bond acceptors (Lipinski definition) is 9. The highest BCUT2D eigenvalue weighted by Crippen LogP contribution is 2.44. The molecular weight excluding hydrogens is 789 g/mol. The number of benzene rings is 3. The van der Waals surface area contributed by atoms with Crippen molar-refractivity contribution in [3.8, 4) is 0 Å². The van der Waals surface area contributed by atoms with Crippen molar-refractivity contribution in [2.45, 2.75) is 135 Å². The first kappa shape index (κ1) is 46.7. The second-order valence-corrected chi connectivity index (χ2v) is 19.2. The minimum absolute atomic E-state index is 0.0452. The minimum atomic E-state index is -1.10. The zero-order valence-electron chi connectivity index (χ0n) is 37.3. The van der Waals surface area contributed by atoms with Crippen LogP contribution in [0.3, 0.4) is 0 Å². The summed E-state index contributed by atoms with van der Waals surface area (Å²) in [5.74, 6) is -0.767. The summed E-state index contributed by atoms with van der Waals surface area (Å²) in [4.78, 5) is 61.9. The molecule has 3 fully saturated rings. The zero-order chi connectivity index (χ0) is 44.8. The van der Waals surface area contributed by atoms with E-state index in [1.807, 2.05) is 114 Å². The van der Waals surface area contributed by atoms with Crippen molar-refractivity contribution in [3.63, 3.8) is 0 Å². The Morgan fingerprint density at radius 1 is 0.661 bits per heavy atom. The number of piperidine rings is 1. The number of nitrogens with one attached hydrogen (secondary N) is 1. The quantitative estimate of drug-likeness (QED) is 0.164. The topological polar surface area (TPSA) is 169 Å². The van der Waals surface area contributed by atoms with E-state index in [1.54, 1.807) is 14.7 Å². The maximum atomic E-state index is 15.3. The van der Waals surface area contributed by atoms with Crippen LogP contribution in [0.2, 0.25) is 0 Å². The van der Waals surface area contributed by atoms with Gasteiger partial charge in [-0.3, -0.25) is 14.4 Å². The van der Waals surface area contributed by atoms with Crippen LogP contribution in [0.15, 0.2) is 72.8 Å². The lowest BCUT2D eigenvalue weighted by Gasteiger charge is -2.38. The molecular formula is C49H66N4O9. The van der Waals surface area contributed by atoms with Gasteiger partial charge in [0.15, 0.2) is 0 Å². The number of hydrogen-bond donors (Lipinski definition) is 4. The smallest absolute Gasteiger partial charge is 0.410 e. The molecule has 0 saturated carbocycles. The normalized spacial score (nSPS) is 21.0. The third-order valence-electron chi connectivity index (χ3n) is 12.3. The van der Waals surface area contributed by atoms with Gasteiger partial charge in [0.05, 0.1) is 36.9 Å². The van der Waals surface area contributed by atoms with Crippen molar-refractivity contribution < 1.29 is 44.0 Å². The number of aliphatic hydroxyl groups excluding tert-OH is 3. The van der Waals surface area contributed by atoms with E-state index < -0.39 is 34.8 Å². The first-order valence-corrected chi connectivity index (χ1v) is 22.1. The average molecular weight is 855 g/mol. The molecule has 13 heteroatoms. The summed E-state index contributed by atoms with van der Waals surface area (Å²) >= 11 is 0. The molecule has 0 aliphatic carbocycles. The molecule has 0 aromatic heterocycles. The fraction of sp³-hybridized carbons (Fsp3) is 0.551. The van der Waals surface area contributed by atoms with Gasteiger partial charge >= 0.3 is 6.09 Å². The molecule has 4 amide bonds. The molecule has 3 aliphatic heterocycles. The van der Waals surface area contributed by atoms with Crippen LogP contribution in [0.25, 0.3) is 0 Å². The van der Waals surface area contributed by atoms with E-state index in [-0.39, 0.29) is 68.9 Å². The maximum Gasteiger partial charge on any atom is 0.410 e. The van der Waals surface area contributed by atoms with Gasteiger partial charge in [-0.15, -0.1) is 0 Å². The number of nitrogens with zero attached hydrogens (tertiary/aromatic N) is 3. The van der Waals surface area contributed by atoms with E-state index in [0.717, 1.165) is 29.5 Å². The summed E-state index contributed by atoms with van der Waals surface area (Å²) < 4.78 is 12.1. The molecule has 3 aliphatic rings. The lowest BCUT2D eigenvalue weighted by Crippen LogP contribution is -2.54. The Bertz CT molecular complexity index is 1890. The van der Waals surface area contributed by atoms with Crippen molar-refractivity contribution in [2.75, 3.05) is 32.7 Å². The SMILES string of the molecule is CC(C)(C)OC(=O)N1CCC[C@H](CNC(=O)C2CCCN2C(=O)[C@@H]2C[C@@H](OC(C)(C)C)CN2C(=O)CC(c2ccc(CO)cc2)(c2ccc(CO)cc2)c2ccc(CO)cc2)C1. The number of likely N-dealkylation sites (tertiary alicyclic amines) is 3. The molecule has 0 radical (unpaired) electrons. The minimum Gasteiger partial charge on any atom is -0.444 e. The summed E-state index contributed by atoms with van der Waals surface area (Å²) in [5, 5.41) is 32.9. The summed E-state index contributed by atoms with van der Waals surface area (Å²) in [6.45, 7) is 12.9. The van der Waals surface area contributed by atoms with Crippen LogP contribution < -0.4 is 5.32 Å². The van der Waals surface area contributed by atoms with E-state index in [9.17, 15) is 29.7 Å². The molecule has 3 saturated heterocycles. The third-order valence-corrected chi connectivity index (χ3v) is 12.3. The van der Waals surface area contributed by atoms with Gasteiger partial charge in [0.1, 0.15) is 17.7 Å². The molecule has 3 aromatic rings. The van der Waals surface area contributed by atoms with Gasteiger partial charge < -0.3 is 44.8 Å². The molecule has 336 valence electrons. The zero-order valence-corrected chi connectivity index (χ0v) is 37.3. The maximum absolute atomic E-state index is 15.3. The standard InChI is InChI=1S/C49H66N4O9/c1-47(2,3)61-40-25-42(45(59)52-24-8-10-41(52)44(58)50-27-36-9-7-23-51(28-36)46(60)62-48(4,5)6)53(29-40)43(57)26-49(37-17-11-33(30-54)12-18-37,38-19-13-34(31-55)14-20-38)39-21-15-35(32-56)16-22-39/h11-22,36,40-42,54-56H,7-10,23-32H2,1-6H3,(H,50,58)/t36-,40-,41?,42+/m1/s1. The number of aliphatic hydroxyl groups is 3. The predicted octanol–water partition coefficient (Wildman–Crippen LogP) is 5.43. The highest BCUT2D eigenvalue weighted by molar-refractivity contribution is 5.93. The Hall–Kier alpha value is -4.82. The lowest BCUT2D eigenvalue weighted by molar-refractivity contribution is -0.147. The highest BCUT2D eigenvalue weighted by Gasteiger charge is 2.48. The molecule has 13 nitrogen and oxygen atoms in total. The Morgan fingerprint density at radius 3 is 1.66 bits per heavy atom. The predicted molar refractivity (Wildman–Crippen MR) is 235 cm³/mol. The fourth-order valence-corrected chi connectivity index (χ4v) is 9.29. The van der Waals surface area contributed by atoms with Gasteiger partial charge in [-0.25, -0.2) is 4.79 Å². The van der Waals surface area contributed by atoms with Crippen LogP contribution in [0.4, 0.5) is 4.79 Å². The van der Waals surface area contributed by atoms with Gasteiger partial charge in [0.2, 0.25) is 17.7 Å². The lowest BCUT2D eigenvalue weighted by atomic mass is 9.66. The Kier molecular flexibility index (Phi) is 14.8. The van der Waals surface area contributed by atoms with Crippen molar-refractivity contribution in [1.29, 1.82) is 0 Å². The number of ether oxygens (including phenoxy) is 2. The summed E-state index contributed by atoms with van der Waals surface area (Å²) in [7, 11) is 0. The van der Waals surface area contributed by atoms with Gasteiger partial charge in [-0.05, 0) is 107 Å². The first-order valence-electron chi connectivity index (χ1n) is 22.1.